The van der Waals surface area contributed by atoms with Crippen molar-refractivity contribution >= 4 is 18.6 Å². The van der Waals surface area contributed by atoms with Crippen molar-refractivity contribution in [2.24, 2.45) is 5.73 Å². The molecule has 80 valence electrons. The fraction of sp³-hybridized carbons (Fsp3) is 0.222. The van der Waals surface area contributed by atoms with E-state index in [1.165, 1.54) is 18.2 Å². The Morgan fingerprint density at radius 3 is 2.67 bits per heavy atom. The smallest absolute Gasteiger partial charge is 0.480 e. The molecule has 0 fully saturated rings. The number of hydrogen-bond acceptors (Lipinski definition) is 4. The van der Waals surface area contributed by atoms with Crippen LogP contribution in [0.15, 0.2) is 24.2 Å². The minimum atomic E-state index is -1.63. The number of aliphatic carboxylic acids is 1. The molecule has 0 bridgehead atoms. The zero-order valence-electron chi connectivity index (χ0n) is 8.92. The predicted octanol–water partition coefficient (Wildman–Crippen LogP) is -1.68. The summed E-state index contributed by atoms with van der Waals surface area (Å²) in [7, 11) is -1.63. The van der Waals surface area contributed by atoms with Gasteiger partial charge in [0.15, 0.2) is 0 Å². The molecule has 6 heteroatoms. The van der Waals surface area contributed by atoms with Gasteiger partial charge in [-0.2, -0.15) is 0 Å². The SMILES string of the molecule is [2H]c1cc(B(O)O)ccc1C[C@H](N)C(=O)O. The molecule has 0 heterocycles. The largest absolute Gasteiger partial charge is 0.488 e. The maximum atomic E-state index is 10.5. The third-order valence-corrected chi connectivity index (χ3v) is 1.96. The van der Waals surface area contributed by atoms with Crippen LogP contribution in [0.2, 0.25) is 0 Å². The van der Waals surface area contributed by atoms with Crippen molar-refractivity contribution in [2.75, 3.05) is 0 Å². The first-order valence-electron chi connectivity index (χ1n) is 4.85. The second-order valence-corrected chi connectivity index (χ2v) is 3.17. The highest BCUT2D eigenvalue weighted by molar-refractivity contribution is 6.58. The van der Waals surface area contributed by atoms with E-state index >= 15 is 0 Å². The maximum absolute atomic E-state index is 10.5. The summed E-state index contributed by atoms with van der Waals surface area (Å²) in [5.41, 5.74) is 5.98. The molecule has 0 unspecified atom stereocenters. The summed E-state index contributed by atoms with van der Waals surface area (Å²) in [4.78, 5) is 10.5. The molecule has 1 aromatic rings. The number of benzene rings is 1. The fourth-order valence-electron chi connectivity index (χ4n) is 1.08. The predicted molar refractivity (Wildman–Crippen MR) is 55.6 cm³/mol. The molecule has 1 aromatic carbocycles. The van der Waals surface area contributed by atoms with Crippen LogP contribution in [0.1, 0.15) is 6.93 Å². The Kier molecular flexibility index (Phi) is 3.34. The van der Waals surface area contributed by atoms with Gasteiger partial charge in [-0.15, -0.1) is 0 Å². The molecular formula is C9H12BNO4. The highest BCUT2D eigenvalue weighted by atomic mass is 16.4. The Labute approximate surface area is 88.7 Å². The van der Waals surface area contributed by atoms with Crippen molar-refractivity contribution in [1.82, 2.24) is 0 Å². The fourth-order valence-corrected chi connectivity index (χ4v) is 1.08. The van der Waals surface area contributed by atoms with Crippen molar-refractivity contribution in [1.29, 1.82) is 0 Å². The Balaban J connectivity index is 2.87. The lowest BCUT2D eigenvalue weighted by Crippen LogP contribution is -2.33. The van der Waals surface area contributed by atoms with Gasteiger partial charge in [0.1, 0.15) is 6.04 Å². The van der Waals surface area contributed by atoms with Gasteiger partial charge in [-0.1, -0.05) is 24.2 Å². The van der Waals surface area contributed by atoms with Crippen LogP contribution in [-0.2, 0) is 11.2 Å². The normalized spacial score (nSPS) is 13.1. The molecule has 0 aliphatic heterocycles. The average Bonchev–Trinajstić information content (AvgIpc) is 2.20. The van der Waals surface area contributed by atoms with Crippen LogP contribution in [0.5, 0.6) is 0 Å². The van der Waals surface area contributed by atoms with E-state index in [0.717, 1.165) is 0 Å². The summed E-state index contributed by atoms with van der Waals surface area (Å²) in [5.74, 6) is -1.13. The first-order chi connectivity index (χ1) is 7.41. The zero-order valence-corrected chi connectivity index (χ0v) is 7.92. The Hall–Kier alpha value is -1.37. The number of rotatable bonds is 4. The summed E-state index contributed by atoms with van der Waals surface area (Å²) >= 11 is 0. The molecule has 1 atom stereocenters. The minimum absolute atomic E-state index is 0.0377. The highest BCUT2D eigenvalue weighted by Gasteiger charge is 2.13. The summed E-state index contributed by atoms with van der Waals surface area (Å²) in [6.45, 7) is 0. The van der Waals surface area contributed by atoms with Crippen molar-refractivity contribution in [2.45, 2.75) is 12.5 Å². The molecule has 0 amide bonds. The molecule has 0 saturated carbocycles. The van der Waals surface area contributed by atoms with E-state index in [9.17, 15) is 4.79 Å². The lowest BCUT2D eigenvalue weighted by Gasteiger charge is -2.07. The molecule has 0 radical (unpaired) electrons. The second-order valence-electron chi connectivity index (χ2n) is 3.17. The van der Waals surface area contributed by atoms with E-state index in [1.54, 1.807) is 0 Å². The topological polar surface area (TPSA) is 104 Å². The average molecular weight is 210 g/mol. The van der Waals surface area contributed by atoms with Crippen molar-refractivity contribution in [3.8, 4) is 0 Å². The Morgan fingerprint density at radius 1 is 1.53 bits per heavy atom. The number of carboxylic acid groups (broad SMARTS) is 1. The number of carboxylic acids is 1. The van der Waals surface area contributed by atoms with Gasteiger partial charge in [0.25, 0.3) is 0 Å². The third kappa shape index (κ3) is 3.36. The number of hydrogen-bond donors (Lipinski definition) is 4. The molecule has 15 heavy (non-hydrogen) atoms. The lowest BCUT2D eigenvalue weighted by atomic mass is 9.80. The third-order valence-electron chi connectivity index (χ3n) is 1.96. The molecule has 0 aliphatic rings. The first-order valence-corrected chi connectivity index (χ1v) is 4.35. The summed E-state index contributed by atoms with van der Waals surface area (Å²) < 4.78 is 7.57. The quantitative estimate of drug-likeness (QED) is 0.444. The molecular weight excluding hydrogens is 197 g/mol. The van der Waals surface area contributed by atoms with E-state index in [2.05, 4.69) is 0 Å². The number of nitrogens with two attached hydrogens (primary N) is 1. The van der Waals surface area contributed by atoms with E-state index in [1.807, 2.05) is 0 Å². The van der Waals surface area contributed by atoms with E-state index in [4.69, 9.17) is 22.3 Å². The maximum Gasteiger partial charge on any atom is 0.488 e. The van der Waals surface area contributed by atoms with Crippen LogP contribution >= 0.6 is 0 Å². The van der Waals surface area contributed by atoms with Gasteiger partial charge in [-0.25, -0.2) is 0 Å². The van der Waals surface area contributed by atoms with Gasteiger partial charge in [0.05, 0.1) is 1.37 Å². The van der Waals surface area contributed by atoms with Crippen LogP contribution in [-0.4, -0.2) is 34.3 Å². The Morgan fingerprint density at radius 2 is 2.20 bits per heavy atom. The van der Waals surface area contributed by atoms with E-state index < -0.39 is 19.1 Å². The van der Waals surface area contributed by atoms with Gasteiger partial charge in [-0.05, 0) is 17.4 Å². The molecule has 0 spiro atoms. The summed E-state index contributed by atoms with van der Waals surface area (Å²) in [5, 5.41) is 26.3. The van der Waals surface area contributed by atoms with Crippen LogP contribution in [0.25, 0.3) is 0 Å². The Bertz CT molecular complexity index is 399. The molecule has 1 rings (SSSR count). The second kappa shape index (κ2) is 4.93. The van der Waals surface area contributed by atoms with Gasteiger partial charge < -0.3 is 20.9 Å². The van der Waals surface area contributed by atoms with Gasteiger partial charge in [0, 0.05) is 0 Å². The van der Waals surface area contributed by atoms with Crippen LogP contribution in [0, 0.1) is 0 Å². The first kappa shape index (κ1) is 10.2. The molecule has 5 N–H and O–H groups in total. The lowest BCUT2D eigenvalue weighted by molar-refractivity contribution is -0.138. The molecule has 0 aromatic heterocycles. The highest BCUT2D eigenvalue weighted by Crippen LogP contribution is 2.01. The monoisotopic (exact) mass is 210 g/mol. The van der Waals surface area contributed by atoms with Crippen LogP contribution in [0.4, 0.5) is 0 Å². The van der Waals surface area contributed by atoms with Crippen molar-refractivity contribution < 1.29 is 21.3 Å². The van der Waals surface area contributed by atoms with Crippen molar-refractivity contribution in [3.05, 3.63) is 29.8 Å². The zero-order chi connectivity index (χ0) is 12.3. The summed E-state index contributed by atoms with van der Waals surface area (Å²) in [6.07, 6.45) is 0.0377. The van der Waals surface area contributed by atoms with Gasteiger partial charge in [-0.3, -0.25) is 4.79 Å². The van der Waals surface area contributed by atoms with Crippen molar-refractivity contribution in [3.63, 3.8) is 0 Å². The van der Waals surface area contributed by atoms with Gasteiger partial charge in [0.2, 0.25) is 0 Å². The minimum Gasteiger partial charge on any atom is -0.480 e. The summed E-state index contributed by atoms with van der Waals surface area (Å²) in [6, 6.07) is 3.15. The molecule has 0 aliphatic carbocycles. The standard InChI is InChI=1S/C9H12BNO4/c11-8(9(12)13)5-6-1-3-7(4-2-6)10(14)15/h1-4,8,14-15H,5,11H2,(H,12,13)/t8-/m0/s1/i1D. The van der Waals surface area contributed by atoms with Crippen LogP contribution < -0.4 is 11.2 Å². The van der Waals surface area contributed by atoms with E-state index in [-0.39, 0.29) is 17.9 Å². The molecule has 5 nitrogen and oxygen atoms in total. The number of carbonyl (C=O) groups is 1. The van der Waals surface area contributed by atoms with E-state index in [0.29, 0.717) is 5.56 Å². The van der Waals surface area contributed by atoms with Gasteiger partial charge >= 0.3 is 13.1 Å². The van der Waals surface area contributed by atoms with Crippen LogP contribution in [0.3, 0.4) is 0 Å². The molecule has 0 saturated heterocycles.